The maximum Gasteiger partial charge on any atom is 0.338 e. The number of rotatable bonds is 6. The van der Waals surface area contributed by atoms with Crippen molar-refractivity contribution in [2.75, 3.05) is 7.11 Å². The van der Waals surface area contributed by atoms with Crippen LogP contribution in [0.25, 0.3) is 11.6 Å². The van der Waals surface area contributed by atoms with Crippen LogP contribution in [-0.4, -0.2) is 13.1 Å². The first kappa shape index (κ1) is 17.5. The van der Waals surface area contributed by atoms with E-state index in [1.165, 1.54) is 7.11 Å². The first-order valence-electron chi connectivity index (χ1n) is 8.39. The summed E-state index contributed by atoms with van der Waals surface area (Å²) in [6, 6.07) is 27.1. The summed E-state index contributed by atoms with van der Waals surface area (Å²) < 4.78 is 10.9. The van der Waals surface area contributed by atoms with Gasteiger partial charge < -0.3 is 9.47 Å². The smallest absolute Gasteiger partial charge is 0.338 e. The number of carbonyl (C=O) groups is 1. The summed E-state index contributed by atoms with van der Waals surface area (Å²) in [4.78, 5) is 12.3. The molecule has 3 rings (SSSR count). The molecule has 0 aliphatic carbocycles. The second-order valence-corrected chi connectivity index (χ2v) is 5.73. The Morgan fingerprint density at radius 3 is 2.15 bits per heavy atom. The molecule has 3 nitrogen and oxygen atoms in total. The number of hydrogen-bond acceptors (Lipinski definition) is 3. The minimum Gasteiger partial charge on any atom is -0.488 e. The standard InChI is InChI=1S/C23H20O3/c1-25-23(24)21(19-12-6-3-7-13-19)16-20-14-8-9-15-22(20)26-17-18-10-4-2-5-11-18/h2-16H,17H2,1H3/b21-16+. The zero-order valence-electron chi connectivity index (χ0n) is 14.6. The molecule has 0 heterocycles. The van der Waals surface area contributed by atoms with Crippen LogP contribution in [0.2, 0.25) is 0 Å². The van der Waals surface area contributed by atoms with E-state index < -0.39 is 0 Å². The molecule has 0 aromatic heterocycles. The van der Waals surface area contributed by atoms with Gasteiger partial charge in [-0.2, -0.15) is 0 Å². The Morgan fingerprint density at radius 1 is 0.846 bits per heavy atom. The highest BCUT2D eigenvalue weighted by atomic mass is 16.5. The fourth-order valence-corrected chi connectivity index (χ4v) is 2.61. The molecule has 0 saturated heterocycles. The maximum absolute atomic E-state index is 12.3. The van der Waals surface area contributed by atoms with E-state index >= 15 is 0 Å². The van der Waals surface area contributed by atoms with Crippen molar-refractivity contribution in [2.24, 2.45) is 0 Å². The monoisotopic (exact) mass is 344 g/mol. The van der Waals surface area contributed by atoms with Crippen molar-refractivity contribution in [3.05, 3.63) is 102 Å². The van der Waals surface area contributed by atoms with Crippen molar-refractivity contribution < 1.29 is 14.3 Å². The number of esters is 1. The van der Waals surface area contributed by atoms with Crippen LogP contribution in [0, 0.1) is 0 Å². The second kappa shape index (κ2) is 8.67. The maximum atomic E-state index is 12.3. The molecule has 3 aromatic carbocycles. The van der Waals surface area contributed by atoms with Crippen LogP contribution in [0.5, 0.6) is 5.75 Å². The van der Waals surface area contributed by atoms with Gasteiger partial charge in [-0.05, 0) is 23.3 Å². The summed E-state index contributed by atoms with van der Waals surface area (Å²) in [5.74, 6) is 0.336. The third-order valence-electron chi connectivity index (χ3n) is 3.95. The van der Waals surface area contributed by atoms with Gasteiger partial charge in [-0.1, -0.05) is 78.9 Å². The first-order chi connectivity index (χ1) is 12.8. The molecule has 0 unspecified atom stereocenters. The van der Waals surface area contributed by atoms with Gasteiger partial charge in [0.05, 0.1) is 12.7 Å². The van der Waals surface area contributed by atoms with Crippen molar-refractivity contribution in [2.45, 2.75) is 6.61 Å². The van der Waals surface area contributed by atoms with E-state index in [2.05, 4.69) is 0 Å². The summed E-state index contributed by atoms with van der Waals surface area (Å²) in [5.41, 5.74) is 3.20. The Hall–Kier alpha value is -3.33. The summed E-state index contributed by atoms with van der Waals surface area (Å²) in [7, 11) is 1.39. The average molecular weight is 344 g/mol. The molecule has 130 valence electrons. The predicted molar refractivity (Wildman–Crippen MR) is 104 cm³/mol. The van der Waals surface area contributed by atoms with Crippen molar-refractivity contribution in [3.63, 3.8) is 0 Å². The quantitative estimate of drug-likeness (QED) is 0.359. The average Bonchev–Trinajstić information content (AvgIpc) is 2.72. The fraction of sp³-hybridized carbons (Fsp3) is 0.0870. The van der Waals surface area contributed by atoms with Gasteiger partial charge in [0.1, 0.15) is 12.4 Å². The zero-order chi connectivity index (χ0) is 18.2. The number of benzene rings is 3. The molecule has 0 spiro atoms. The lowest BCUT2D eigenvalue weighted by Gasteiger charge is -2.11. The highest BCUT2D eigenvalue weighted by Crippen LogP contribution is 2.26. The molecule has 0 aliphatic heterocycles. The van der Waals surface area contributed by atoms with Crippen LogP contribution < -0.4 is 4.74 Å². The Kier molecular flexibility index (Phi) is 5.84. The lowest BCUT2D eigenvalue weighted by Crippen LogP contribution is -2.04. The summed E-state index contributed by atoms with van der Waals surface area (Å²) in [6.45, 7) is 0.463. The van der Waals surface area contributed by atoms with E-state index in [-0.39, 0.29) is 5.97 Å². The van der Waals surface area contributed by atoms with Gasteiger partial charge in [0.2, 0.25) is 0 Å². The van der Waals surface area contributed by atoms with Gasteiger partial charge >= 0.3 is 5.97 Å². The Bertz CT molecular complexity index is 884. The predicted octanol–water partition coefficient (Wildman–Crippen LogP) is 4.98. The number of para-hydroxylation sites is 1. The normalized spacial score (nSPS) is 11.0. The van der Waals surface area contributed by atoms with Crippen molar-refractivity contribution in [3.8, 4) is 5.75 Å². The summed E-state index contributed by atoms with van der Waals surface area (Å²) >= 11 is 0. The molecule has 0 bridgehead atoms. The van der Waals surface area contributed by atoms with Crippen LogP contribution in [0.3, 0.4) is 0 Å². The molecule has 0 fully saturated rings. The largest absolute Gasteiger partial charge is 0.488 e. The summed E-state index contributed by atoms with van der Waals surface area (Å²) in [5, 5.41) is 0. The molecule has 0 aliphatic rings. The molecule has 0 atom stereocenters. The fourth-order valence-electron chi connectivity index (χ4n) is 2.61. The molecule has 0 saturated carbocycles. The van der Waals surface area contributed by atoms with E-state index in [9.17, 15) is 4.79 Å². The molecule has 0 amide bonds. The Labute approximate surface area is 153 Å². The SMILES string of the molecule is COC(=O)/C(=C/c1ccccc1OCc1ccccc1)c1ccccc1. The van der Waals surface area contributed by atoms with E-state index in [1.807, 2.05) is 91.0 Å². The van der Waals surface area contributed by atoms with Gasteiger partial charge in [-0.25, -0.2) is 4.79 Å². The zero-order valence-corrected chi connectivity index (χ0v) is 14.6. The second-order valence-electron chi connectivity index (χ2n) is 5.73. The van der Waals surface area contributed by atoms with Gasteiger partial charge in [0.15, 0.2) is 0 Å². The minimum absolute atomic E-state index is 0.380. The van der Waals surface area contributed by atoms with E-state index in [4.69, 9.17) is 9.47 Å². The lowest BCUT2D eigenvalue weighted by atomic mass is 10.0. The Morgan fingerprint density at radius 2 is 1.46 bits per heavy atom. The highest BCUT2D eigenvalue weighted by Gasteiger charge is 2.13. The van der Waals surface area contributed by atoms with Crippen LogP contribution in [0.1, 0.15) is 16.7 Å². The minimum atomic E-state index is -0.380. The van der Waals surface area contributed by atoms with E-state index in [1.54, 1.807) is 0 Å². The van der Waals surface area contributed by atoms with Crippen LogP contribution in [0.15, 0.2) is 84.9 Å². The van der Waals surface area contributed by atoms with Crippen LogP contribution in [0.4, 0.5) is 0 Å². The van der Waals surface area contributed by atoms with Crippen LogP contribution in [-0.2, 0) is 16.1 Å². The number of methoxy groups -OCH3 is 1. The summed E-state index contributed by atoms with van der Waals surface area (Å²) in [6.07, 6.45) is 1.81. The van der Waals surface area contributed by atoms with Gasteiger partial charge in [-0.3, -0.25) is 0 Å². The van der Waals surface area contributed by atoms with E-state index in [0.717, 1.165) is 16.7 Å². The van der Waals surface area contributed by atoms with E-state index in [0.29, 0.717) is 17.9 Å². The van der Waals surface area contributed by atoms with Gasteiger partial charge in [0.25, 0.3) is 0 Å². The van der Waals surface area contributed by atoms with Crippen molar-refractivity contribution in [1.82, 2.24) is 0 Å². The molecule has 0 radical (unpaired) electrons. The number of carbonyl (C=O) groups excluding carboxylic acids is 1. The number of hydrogen-bond donors (Lipinski definition) is 0. The first-order valence-corrected chi connectivity index (χ1v) is 8.39. The van der Waals surface area contributed by atoms with Gasteiger partial charge in [0, 0.05) is 5.56 Å². The Balaban J connectivity index is 1.92. The molecule has 0 N–H and O–H groups in total. The van der Waals surface area contributed by atoms with Gasteiger partial charge in [-0.15, -0.1) is 0 Å². The highest BCUT2D eigenvalue weighted by molar-refractivity contribution is 6.21. The molecular formula is C23H20O3. The molecule has 26 heavy (non-hydrogen) atoms. The lowest BCUT2D eigenvalue weighted by molar-refractivity contribution is -0.133. The van der Waals surface area contributed by atoms with Crippen LogP contribution >= 0.6 is 0 Å². The topological polar surface area (TPSA) is 35.5 Å². The molecular weight excluding hydrogens is 324 g/mol. The third kappa shape index (κ3) is 4.39. The molecule has 3 heteroatoms. The third-order valence-corrected chi connectivity index (χ3v) is 3.95. The van der Waals surface area contributed by atoms with Crippen molar-refractivity contribution in [1.29, 1.82) is 0 Å². The molecule has 3 aromatic rings. The number of ether oxygens (including phenoxy) is 2. The van der Waals surface area contributed by atoms with Crippen molar-refractivity contribution >= 4 is 17.6 Å².